The van der Waals surface area contributed by atoms with E-state index in [1.54, 1.807) is 33.3 Å². The number of benzene rings is 2. The molecule has 1 aromatic heterocycles. The van der Waals surface area contributed by atoms with Crippen molar-refractivity contribution in [2.75, 3.05) is 25.3 Å². The standard InChI is InChI=1S/C21H23N5O5S/c1-5-25-20(14-9-15(30-3)11-16(10-14)31-4)23-24-21(25)32-12-19(27)22-17-7-6-13(2)8-18(17)26(28)29/h6-11H,5,12H2,1-4H3,(H,22,27). The number of rotatable bonds is 9. The van der Waals surface area contributed by atoms with Gasteiger partial charge in [-0.15, -0.1) is 10.2 Å². The number of carbonyl (C=O) groups excluding carboxylic acids is 1. The highest BCUT2D eigenvalue weighted by molar-refractivity contribution is 7.99. The van der Waals surface area contributed by atoms with E-state index >= 15 is 0 Å². The van der Waals surface area contributed by atoms with E-state index in [1.165, 1.54) is 23.9 Å². The summed E-state index contributed by atoms with van der Waals surface area (Å²) in [5.74, 6) is 1.50. The molecule has 0 atom stereocenters. The van der Waals surface area contributed by atoms with E-state index < -0.39 is 4.92 Å². The summed E-state index contributed by atoms with van der Waals surface area (Å²) in [4.78, 5) is 23.2. The van der Waals surface area contributed by atoms with Crippen molar-refractivity contribution in [2.45, 2.75) is 25.5 Å². The van der Waals surface area contributed by atoms with Gasteiger partial charge in [-0.05, 0) is 37.6 Å². The lowest BCUT2D eigenvalue weighted by Gasteiger charge is -2.10. The summed E-state index contributed by atoms with van der Waals surface area (Å²) < 4.78 is 12.5. The van der Waals surface area contributed by atoms with Gasteiger partial charge in [-0.25, -0.2) is 0 Å². The molecule has 168 valence electrons. The molecule has 1 heterocycles. The Hall–Kier alpha value is -3.60. The van der Waals surface area contributed by atoms with Crippen LogP contribution in [0.15, 0.2) is 41.6 Å². The zero-order chi connectivity index (χ0) is 23.3. The second kappa shape index (κ2) is 10.1. The summed E-state index contributed by atoms with van der Waals surface area (Å²) in [7, 11) is 3.14. The average molecular weight is 458 g/mol. The number of anilines is 1. The largest absolute Gasteiger partial charge is 0.497 e. The van der Waals surface area contributed by atoms with E-state index in [9.17, 15) is 14.9 Å². The van der Waals surface area contributed by atoms with Gasteiger partial charge in [0, 0.05) is 24.2 Å². The summed E-state index contributed by atoms with van der Waals surface area (Å²) >= 11 is 1.20. The predicted molar refractivity (Wildman–Crippen MR) is 121 cm³/mol. The number of thioether (sulfide) groups is 1. The average Bonchev–Trinajstić information content (AvgIpc) is 3.21. The van der Waals surface area contributed by atoms with E-state index in [4.69, 9.17) is 9.47 Å². The van der Waals surface area contributed by atoms with E-state index in [0.29, 0.717) is 29.0 Å². The molecule has 0 aliphatic rings. The molecule has 0 radical (unpaired) electrons. The molecule has 0 unspecified atom stereocenters. The van der Waals surface area contributed by atoms with Crippen molar-refractivity contribution in [1.29, 1.82) is 0 Å². The minimum atomic E-state index is -0.516. The summed E-state index contributed by atoms with van der Waals surface area (Å²) in [6.07, 6.45) is 0. The molecular formula is C21H23N5O5S. The zero-order valence-corrected chi connectivity index (χ0v) is 18.9. The first-order valence-electron chi connectivity index (χ1n) is 9.70. The highest BCUT2D eigenvalue weighted by Crippen LogP contribution is 2.31. The van der Waals surface area contributed by atoms with Crippen molar-refractivity contribution >= 4 is 29.0 Å². The number of nitrogens with one attached hydrogen (secondary N) is 1. The molecule has 2 aromatic carbocycles. The molecule has 3 aromatic rings. The molecule has 1 amide bonds. The van der Waals surface area contributed by atoms with Gasteiger partial charge in [0.05, 0.1) is 24.9 Å². The van der Waals surface area contributed by atoms with Gasteiger partial charge >= 0.3 is 0 Å². The molecule has 0 fully saturated rings. The Morgan fingerprint density at radius 1 is 1.16 bits per heavy atom. The molecule has 11 heteroatoms. The van der Waals surface area contributed by atoms with Crippen LogP contribution in [0.5, 0.6) is 11.5 Å². The van der Waals surface area contributed by atoms with Crippen LogP contribution in [0, 0.1) is 17.0 Å². The zero-order valence-electron chi connectivity index (χ0n) is 18.1. The molecule has 3 rings (SSSR count). The Bertz CT molecular complexity index is 1130. The smallest absolute Gasteiger partial charge is 0.293 e. The second-order valence-corrected chi connectivity index (χ2v) is 7.71. The molecule has 0 saturated carbocycles. The number of aromatic nitrogens is 3. The third-order valence-electron chi connectivity index (χ3n) is 4.60. The van der Waals surface area contributed by atoms with E-state index in [1.807, 2.05) is 23.6 Å². The van der Waals surface area contributed by atoms with Gasteiger partial charge in [0.2, 0.25) is 5.91 Å². The topological polar surface area (TPSA) is 121 Å². The van der Waals surface area contributed by atoms with Crippen molar-refractivity contribution in [3.63, 3.8) is 0 Å². The van der Waals surface area contributed by atoms with Crippen LogP contribution < -0.4 is 14.8 Å². The number of hydrogen-bond donors (Lipinski definition) is 1. The van der Waals surface area contributed by atoms with Crippen LogP contribution in [0.4, 0.5) is 11.4 Å². The van der Waals surface area contributed by atoms with E-state index in [0.717, 1.165) is 11.1 Å². The Morgan fingerprint density at radius 2 is 1.84 bits per heavy atom. The lowest BCUT2D eigenvalue weighted by atomic mass is 10.2. The number of methoxy groups -OCH3 is 2. The molecule has 0 aliphatic carbocycles. The fraction of sp³-hybridized carbons (Fsp3) is 0.286. The Labute approximate surface area is 189 Å². The monoisotopic (exact) mass is 457 g/mol. The van der Waals surface area contributed by atoms with Crippen LogP contribution in [-0.2, 0) is 11.3 Å². The number of amides is 1. The maximum absolute atomic E-state index is 12.4. The first-order chi connectivity index (χ1) is 15.4. The summed E-state index contributed by atoms with van der Waals surface area (Å²) in [5, 5.41) is 22.9. The molecule has 0 aliphatic heterocycles. The van der Waals surface area contributed by atoms with Crippen molar-refractivity contribution in [1.82, 2.24) is 14.8 Å². The normalized spacial score (nSPS) is 10.6. The third kappa shape index (κ3) is 5.17. The molecular weight excluding hydrogens is 434 g/mol. The van der Waals surface area contributed by atoms with Gasteiger partial charge in [0.15, 0.2) is 11.0 Å². The first kappa shape index (κ1) is 23.1. The van der Waals surface area contributed by atoms with Gasteiger partial charge in [-0.2, -0.15) is 0 Å². The minimum Gasteiger partial charge on any atom is -0.497 e. The lowest BCUT2D eigenvalue weighted by molar-refractivity contribution is -0.384. The molecule has 0 bridgehead atoms. The van der Waals surface area contributed by atoms with Crippen molar-refractivity contribution in [3.05, 3.63) is 52.1 Å². The number of nitro benzene ring substituents is 1. The summed E-state index contributed by atoms with van der Waals surface area (Å²) in [6.45, 7) is 4.28. The number of nitro groups is 1. The quantitative estimate of drug-likeness (QED) is 0.291. The van der Waals surface area contributed by atoms with Gasteiger partial charge in [-0.1, -0.05) is 17.8 Å². The van der Waals surface area contributed by atoms with Crippen LogP contribution in [0.1, 0.15) is 12.5 Å². The van der Waals surface area contributed by atoms with Crippen LogP contribution in [0.2, 0.25) is 0 Å². The van der Waals surface area contributed by atoms with Gasteiger partial charge in [-0.3, -0.25) is 14.9 Å². The fourth-order valence-corrected chi connectivity index (χ4v) is 3.85. The number of hydrogen-bond acceptors (Lipinski definition) is 8. The summed E-state index contributed by atoms with van der Waals surface area (Å²) in [5.41, 5.74) is 1.52. The van der Waals surface area contributed by atoms with Crippen LogP contribution in [-0.4, -0.2) is 45.6 Å². The highest BCUT2D eigenvalue weighted by Gasteiger charge is 2.19. The van der Waals surface area contributed by atoms with Crippen LogP contribution in [0.25, 0.3) is 11.4 Å². The maximum Gasteiger partial charge on any atom is 0.293 e. The van der Waals surface area contributed by atoms with Crippen molar-refractivity contribution in [3.8, 4) is 22.9 Å². The first-order valence-corrected chi connectivity index (χ1v) is 10.7. The molecule has 32 heavy (non-hydrogen) atoms. The van der Waals surface area contributed by atoms with Crippen molar-refractivity contribution < 1.29 is 19.2 Å². The van der Waals surface area contributed by atoms with Gasteiger partial charge in [0.25, 0.3) is 5.69 Å². The number of carbonyl (C=O) groups is 1. The van der Waals surface area contributed by atoms with Crippen LogP contribution in [0.3, 0.4) is 0 Å². The fourth-order valence-electron chi connectivity index (χ4n) is 3.05. The highest BCUT2D eigenvalue weighted by atomic mass is 32.2. The van der Waals surface area contributed by atoms with E-state index in [-0.39, 0.29) is 23.0 Å². The Morgan fingerprint density at radius 3 is 2.44 bits per heavy atom. The Balaban J connectivity index is 1.77. The van der Waals surface area contributed by atoms with Gasteiger partial charge in [0.1, 0.15) is 17.2 Å². The van der Waals surface area contributed by atoms with Crippen molar-refractivity contribution in [2.24, 2.45) is 0 Å². The molecule has 0 spiro atoms. The molecule has 10 nitrogen and oxygen atoms in total. The predicted octanol–water partition coefficient (Wildman–Crippen LogP) is 3.93. The molecule has 0 saturated heterocycles. The number of ether oxygens (including phenoxy) is 2. The van der Waals surface area contributed by atoms with Gasteiger partial charge < -0.3 is 19.4 Å². The van der Waals surface area contributed by atoms with Crippen LogP contribution >= 0.6 is 11.8 Å². The number of nitrogens with zero attached hydrogens (tertiary/aromatic N) is 4. The lowest BCUT2D eigenvalue weighted by Crippen LogP contribution is -2.15. The SMILES string of the molecule is CCn1c(SCC(=O)Nc2ccc(C)cc2[N+](=O)[O-])nnc1-c1cc(OC)cc(OC)c1. The number of aryl methyl sites for hydroxylation is 1. The second-order valence-electron chi connectivity index (χ2n) is 6.77. The van der Waals surface area contributed by atoms with E-state index in [2.05, 4.69) is 15.5 Å². The summed E-state index contributed by atoms with van der Waals surface area (Å²) in [6, 6.07) is 10.1. The Kier molecular flexibility index (Phi) is 7.31. The third-order valence-corrected chi connectivity index (χ3v) is 5.57. The maximum atomic E-state index is 12.4. The molecule has 1 N–H and O–H groups in total. The minimum absolute atomic E-state index is 0.0184.